The first-order chi connectivity index (χ1) is 8.95. The van der Waals surface area contributed by atoms with Crippen LogP contribution in [0.4, 0.5) is 5.69 Å². The Hall–Kier alpha value is -1.38. The zero-order valence-corrected chi connectivity index (χ0v) is 12.0. The molecule has 0 spiro atoms. The second-order valence-electron chi connectivity index (χ2n) is 3.51. The minimum atomic E-state index is -0.585. The molecule has 0 aliphatic carbocycles. The molecule has 1 rings (SSSR count). The monoisotopic (exact) mass is 351 g/mol. The Morgan fingerprint density at radius 2 is 2.26 bits per heavy atom. The number of nitrogens with zero attached hydrogens (tertiary/aromatic N) is 1. The van der Waals surface area contributed by atoms with Crippen LogP contribution in [-0.2, 0) is 4.79 Å². The average Bonchev–Trinajstić information content (AvgIpc) is 2.35. The van der Waals surface area contributed by atoms with Gasteiger partial charge in [0.05, 0.1) is 16.0 Å². The first-order valence-electron chi connectivity index (χ1n) is 5.21. The van der Waals surface area contributed by atoms with Crippen LogP contribution in [0.5, 0.6) is 5.75 Å². The lowest BCUT2D eigenvalue weighted by Gasteiger charge is -2.08. The summed E-state index contributed by atoms with van der Waals surface area (Å²) in [5, 5.41) is 11.1. The number of amides is 1. The van der Waals surface area contributed by atoms with Gasteiger partial charge in [-0.25, -0.2) is 5.84 Å². The van der Waals surface area contributed by atoms with Gasteiger partial charge in [0.25, 0.3) is 0 Å². The molecular weight excluding hydrogens is 341 g/mol. The van der Waals surface area contributed by atoms with E-state index in [-0.39, 0.29) is 35.4 Å². The van der Waals surface area contributed by atoms with E-state index in [2.05, 4.69) is 15.9 Å². The maximum absolute atomic E-state index is 10.9. The van der Waals surface area contributed by atoms with Crippen molar-refractivity contribution < 1.29 is 14.5 Å². The molecular formula is C10H11BrClN3O4. The maximum Gasteiger partial charge on any atom is 0.313 e. The molecule has 9 heteroatoms. The van der Waals surface area contributed by atoms with Crippen molar-refractivity contribution in [2.24, 2.45) is 5.84 Å². The van der Waals surface area contributed by atoms with Crippen molar-refractivity contribution in [3.8, 4) is 5.75 Å². The minimum Gasteiger partial charge on any atom is -0.486 e. The topological polar surface area (TPSA) is 107 Å². The SMILES string of the molecule is NNC(=O)CCCOc1c(Br)cc(Cl)cc1[N+](=O)[O-]. The Morgan fingerprint density at radius 1 is 1.58 bits per heavy atom. The van der Waals surface area contributed by atoms with E-state index in [0.717, 1.165) is 0 Å². The number of hydrogen-bond acceptors (Lipinski definition) is 5. The third kappa shape index (κ3) is 4.66. The quantitative estimate of drug-likeness (QED) is 0.268. The summed E-state index contributed by atoms with van der Waals surface area (Å²) < 4.78 is 5.70. The van der Waals surface area contributed by atoms with Crippen LogP contribution in [0.25, 0.3) is 0 Å². The maximum atomic E-state index is 10.9. The fraction of sp³-hybridized carbons (Fsp3) is 0.300. The summed E-state index contributed by atoms with van der Waals surface area (Å²) in [5.41, 5.74) is 1.75. The van der Waals surface area contributed by atoms with Crippen molar-refractivity contribution in [1.82, 2.24) is 5.43 Å². The van der Waals surface area contributed by atoms with Gasteiger partial charge >= 0.3 is 5.69 Å². The van der Waals surface area contributed by atoms with Crippen LogP contribution in [0.15, 0.2) is 16.6 Å². The van der Waals surface area contributed by atoms with E-state index >= 15 is 0 Å². The largest absolute Gasteiger partial charge is 0.486 e. The van der Waals surface area contributed by atoms with Gasteiger partial charge in [0, 0.05) is 17.5 Å². The fourth-order valence-corrected chi connectivity index (χ4v) is 2.21. The highest BCUT2D eigenvalue weighted by molar-refractivity contribution is 9.10. The molecule has 0 aliphatic rings. The van der Waals surface area contributed by atoms with Gasteiger partial charge in [-0.1, -0.05) is 11.6 Å². The van der Waals surface area contributed by atoms with Crippen molar-refractivity contribution in [2.75, 3.05) is 6.61 Å². The van der Waals surface area contributed by atoms with E-state index in [1.54, 1.807) is 0 Å². The standard InChI is InChI=1S/C10H11BrClN3O4/c11-7-4-6(12)5-8(15(17)18)10(7)19-3-1-2-9(16)14-13/h4-5H,1-3,13H2,(H,14,16). The number of hydrogen-bond donors (Lipinski definition) is 2. The van der Waals surface area contributed by atoms with Gasteiger partial charge in [-0.2, -0.15) is 0 Å². The summed E-state index contributed by atoms with van der Waals surface area (Å²) in [4.78, 5) is 21.2. The van der Waals surface area contributed by atoms with Crippen molar-refractivity contribution in [2.45, 2.75) is 12.8 Å². The fourth-order valence-electron chi connectivity index (χ4n) is 1.30. The van der Waals surface area contributed by atoms with E-state index in [9.17, 15) is 14.9 Å². The molecule has 0 bridgehead atoms. The molecule has 0 saturated heterocycles. The predicted octanol–water partition coefficient (Wildman–Crippen LogP) is 2.16. The van der Waals surface area contributed by atoms with Crippen LogP contribution in [-0.4, -0.2) is 17.4 Å². The van der Waals surface area contributed by atoms with Crippen molar-refractivity contribution >= 4 is 39.1 Å². The van der Waals surface area contributed by atoms with Crippen LogP contribution >= 0.6 is 27.5 Å². The summed E-state index contributed by atoms with van der Waals surface area (Å²) in [5.74, 6) is 4.68. The molecule has 1 amide bonds. The zero-order chi connectivity index (χ0) is 14.4. The summed E-state index contributed by atoms with van der Waals surface area (Å²) in [6.45, 7) is 0.147. The van der Waals surface area contributed by atoms with Crippen LogP contribution in [0.2, 0.25) is 5.02 Å². The van der Waals surface area contributed by atoms with E-state index in [1.165, 1.54) is 12.1 Å². The molecule has 1 aromatic rings. The number of ether oxygens (including phenoxy) is 1. The average molecular weight is 353 g/mol. The highest BCUT2D eigenvalue weighted by atomic mass is 79.9. The second-order valence-corrected chi connectivity index (χ2v) is 4.80. The minimum absolute atomic E-state index is 0.0857. The molecule has 7 nitrogen and oxygen atoms in total. The van der Waals surface area contributed by atoms with E-state index < -0.39 is 4.92 Å². The Kier molecular flexibility index (Phi) is 6.00. The van der Waals surface area contributed by atoms with Crippen LogP contribution in [0.1, 0.15) is 12.8 Å². The van der Waals surface area contributed by atoms with Crippen molar-refractivity contribution in [3.63, 3.8) is 0 Å². The van der Waals surface area contributed by atoms with E-state index in [0.29, 0.717) is 10.9 Å². The Morgan fingerprint density at radius 3 is 2.84 bits per heavy atom. The number of benzene rings is 1. The number of hydrazine groups is 1. The van der Waals surface area contributed by atoms with Gasteiger partial charge in [0.1, 0.15) is 0 Å². The van der Waals surface area contributed by atoms with E-state index in [1.807, 2.05) is 5.43 Å². The van der Waals surface area contributed by atoms with Gasteiger partial charge in [-0.3, -0.25) is 20.3 Å². The van der Waals surface area contributed by atoms with Crippen molar-refractivity contribution in [3.05, 3.63) is 31.7 Å². The van der Waals surface area contributed by atoms with Gasteiger partial charge in [0.2, 0.25) is 11.7 Å². The molecule has 1 aromatic carbocycles. The number of nitrogens with two attached hydrogens (primary N) is 1. The van der Waals surface area contributed by atoms with Gasteiger partial charge in [0.15, 0.2) is 0 Å². The molecule has 0 saturated carbocycles. The molecule has 19 heavy (non-hydrogen) atoms. The van der Waals surface area contributed by atoms with Crippen LogP contribution in [0, 0.1) is 10.1 Å². The molecule has 0 radical (unpaired) electrons. The Balaban J connectivity index is 2.72. The number of rotatable bonds is 6. The lowest BCUT2D eigenvalue weighted by molar-refractivity contribution is -0.385. The second kappa shape index (κ2) is 7.27. The molecule has 0 unspecified atom stereocenters. The molecule has 0 aromatic heterocycles. The molecule has 0 aliphatic heterocycles. The van der Waals surface area contributed by atoms with Gasteiger partial charge in [-0.15, -0.1) is 0 Å². The first kappa shape index (κ1) is 15.7. The molecule has 0 atom stereocenters. The highest BCUT2D eigenvalue weighted by Gasteiger charge is 2.19. The summed E-state index contributed by atoms with van der Waals surface area (Å²) >= 11 is 8.88. The third-order valence-electron chi connectivity index (χ3n) is 2.14. The Labute approximate surface area is 122 Å². The Bertz CT molecular complexity index is 498. The zero-order valence-electron chi connectivity index (χ0n) is 9.69. The number of nitro groups is 1. The number of carbonyl (C=O) groups excluding carboxylic acids is 1. The number of halogens is 2. The lowest BCUT2D eigenvalue weighted by atomic mass is 10.3. The number of carbonyl (C=O) groups is 1. The smallest absolute Gasteiger partial charge is 0.313 e. The molecule has 0 fully saturated rings. The van der Waals surface area contributed by atoms with E-state index in [4.69, 9.17) is 22.2 Å². The summed E-state index contributed by atoms with van der Waals surface area (Å²) in [7, 11) is 0. The highest BCUT2D eigenvalue weighted by Crippen LogP contribution is 2.37. The lowest BCUT2D eigenvalue weighted by Crippen LogP contribution is -2.30. The van der Waals surface area contributed by atoms with Crippen LogP contribution in [0.3, 0.4) is 0 Å². The number of nitrogens with one attached hydrogen (secondary N) is 1. The summed E-state index contributed by atoms with van der Waals surface area (Å²) in [6, 6.07) is 2.70. The van der Waals surface area contributed by atoms with Crippen LogP contribution < -0.4 is 16.0 Å². The third-order valence-corrected chi connectivity index (χ3v) is 2.95. The molecule has 0 heterocycles. The summed E-state index contributed by atoms with van der Waals surface area (Å²) in [6.07, 6.45) is 0.560. The van der Waals surface area contributed by atoms with Gasteiger partial charge < -0.3 is 4.74 Å². The normalized spacial score (nSPS) is 10.1. The molecule has 104 valence electrons. The number of nitro benzene ring substituents is 1. The van der Waals surface area contributed by atoms with Gasteiger partial charge in [-0.05, 0) is 28.4 Å². The predicted molar refractivity (Wildman–Crippen MR) is 72.9 cm³/mol. The first-order valence-corrected chi connectivity index (χ1v) is 6.38. The van der Waals surface area contributed by atoms with Crippen molar-refractivity contribution in [1.29, 1.82) is 0 Å². The molecule has 3 N–H and O–H groups in total.